The number of rotatable bonds is 0. The van der Waals surface area contributed by atoms with Crippen molar-refractivity contribution in [1.82, 2.24) is 4.98 Å². The van der Waals surface area contributed by atoms with Gasteiger partial charge < -0.3 is 4.42 Å². The van der Waals surface area contributed by atoms with Crippen molar-refractivity contribution < 1.29 is 9.21 Å². The van der Waals surface area contributed by atoms with Gasteiger partial charge in [0.05, 0.1) is 0 Å². The Kier molecular flexibility index (Phi) is 1.83. The van der Waals surface area contributed by atoms with Gasteiger partial charge in [0.1, 0.15) is 5.69 Å². The topological polar surface area (TPSA) is 46.3 Å². The predicted octanol–water partition coefficient (Wildman–Crippen LogP) is 1.53. The lowest BCUT2D eigenvalue weighted by Crippen LogP contribution is -2.24. The molecular formula is C9H12N2O2. The molecule has 0 N–H and O–H groups in total. The van der Waals surface area contributed by atoms with Gasteiger partial charge in [-0.1, -0.05) is 6.92 Å². The monoisotopic (exact) mass is 180 g/mol. The fourth-order valence-corrected chi connectivity index (χ4v) is 1.60. The highest BCUT2D eigenvalue weighted by molar-refractivity contribution is 5.92. The first-order valence-electron chi connectivity index (χ1n) is 4.40. The zero-order chi connectivity index (χ0) is 9.42. The lowest BCUT2D eigenvalue weighted by Gasteiger charge is -2.11. The number of aromatic nitrogens is 1. The van der Waals surface area contributed by atoms with Crippen LogP contribution < -0.4 is 4.90 Å². The van der Waals surface area contributed by atoms with Crippen LogP contribution in [0.5, 0.6) is 0 Å². The molecule has 1 unspecified atom stereocenters. The maximum absolute atomic E-state index is 11.5. The Hall–Kier alpha value is -1.32. The maximum atomic E-state index is 11.5. The fourth-order valence-electron chi connectivity index (χ4n) is 1.60. The SMILES string of the molecule is CC1CCC(=O)N(C)c2ocnc21. The predicted molar refractivity (Wildman–Crippen MR) is 47.6 cm³/mol. The van der Waals surface area contributed by atoms with E-state index in [-0.39, 0.29) is 5.91 Å². The second-order valence-corrected chi connectivity index (χ2v) is 3.44. The number of hydrogen-bond donors (Lipinski definition) is 0. The van der Waals surface area contributed by atoms with Gasteiger partial charge in [0.25, 0.3) is 0 Å². The molecule has 0 radical (unpaired) electrons. The molecule has 2 heterocycles. The van der Waals surface area contributed by atoms with E-state index >= 15 is 0 Å². The Morgan fingerprint density at radius 2 is 2.46 bits per heavy atom. The van der Waals surface area contributed by atoms with Crippen LogP contribution in [0.25, 0.3) is 0 Å². The molecule has 1 aromatic heterocycles. The smallest absolute Gasteiger partial charge is 0.229 e. The van der Waals surface area contributed by atoms with Gasteiger partial charge in [-0.05, 0) is 6.42 Å². The van der Waals surface area contributed by atoms with E-state index in [1.54, 1.807) is 11.9 Å². The molecule has 1 amide bonds. The molecule has 4 heteroatoms. The maximum Gasteiger partial charge on any atom is 0.229 e. The first kappa shape index (κ1) is 8.29. The minimum Gasteiger partial charge on any atom is -0.427 e. The second kappa shape index (κ2) is 2.87. The first-order valence-corrected chi connectivity index (χ1v) is 4.40. The summed E-state index contributed by atoms with van der Waals surface area (Å²) in [4.78, 5) is 17.1. The lowest BCUT2D eigenvalue weighted by molar-refractivity contribution is -0.118. The summed E-state index contributed by atoms with van der Waals surface area (Å²) in [6.45, 7) is 2.06. The largest absolute Gasteiger partial charge is 0.427 e. The Balaban J connectivity index is 2.46. The number of oxazole rings is 1. The van der Waals surface area contributed by atoms with Crippen molar-refractivity contribution in [2.75, 3.05) is 11.9 Å². The Morgan fingerprint density at radius 1 is 1.69 bits per heavy atom. The van der Waals surface area contributed by atoms with Gasteiger partial charge in [0.2, 0.25) is 11.8 Å². The third kappa shape index (κ3) is 1.22. The summed E-state index contributed by atoms with van der Waals surface area (Å²) in [5.74, 6) is 1.01. The fraction of sp³-hybridized carbons (Fsp3) is 0.556. The molecule has 0 aliphatic carbocycles. The third-order valence-electron chi connectivity index (χ3n) is 2.51. The van der Waals surface area contributed by atoms with E-state index in [2.05, 4.69) is 11.9 Å². The minimum absolute atomic E-state index is 0.0994. The summed E-state index contributed by atoms with van der Waals surface area (Å²) in [5, 5.41) is 0. The molecule has 2 rings (SSSR count). The van der Waals surface area contributed by atoms with Crippen molar-refractivity contribution in [3.05, 3.63) is 12.1 Å². The average molecular weight is 180 g/mol. The molecule has 1 aliphatic rings. The van der Waals surface area contributed by atoms with Crippen molar-refractivity contribution >= 4 is 11.8 Å². The molecule has 0 fully saturated rings. The molecule has 0 aromatic carbocycles. The summed E-state index contributed by atoms with van der Waals surface area (Å²) in [5.41, 5.74) is 0.897. The Morgan fingerprint density at radius 3 is 3.23 bits per heavy atom. The van der Waals surface area contributed by atoms with Gasteiger partial charge in [-0.15, -0.1) is 0 Å². The van der Waals surface area contributed by atoms with Gasteiger partial charge >= 0.3 is 0 Å². The van der Waals surface area contributed by atoms with Crippen molar-refractivity contribution in [2.45, 2.75) is 25.7 Å². The van der Waals surface area contributed by atoms with Crippen molar-refractivity contribution in [2.24, 2.45) is 0 Å². The molecular weight excluding hydrogens is 168 g/mol. The zero-order valence-electron chi connectivity index (χ0n) is 7.78. The number of hydrogen-bond acceptors (Lipinski definition) is 3. The third-order valence-corrected chi connectivity index (χ3v) is 2.51. The average Bonchev–Trinajstić information content (AvgIpc) is 2.57. The first-order chi connectivity index (χ1) is 6.20. The van der Waals surface area contributed by atoms with Crippen LogP contribution in [-0.2, 0) is 4.79 Å². The van der Waals surface area contributed by atoms with E-state index in [4.69, 9.17) is 4.42 Å². The number of carbonyl (C=O) groups excluding carboxylic acids is 1. The zero-order valence-corrected chi connectivity index (χ0v) is 7.78. The lowest BCUT2D eigenvalue weighted by atomic mass is 10.0. The number of carbonyl (C=O) groups is 1. The summed E-state index contributed by atoms with van der Waals surface area (Å²) < 4.78 is 5.18. The molecule has 0 saturated carbocycles. The molecule has 0 spiro atoms. The van der Waals surface area contributed by atoms with E-state index in [0.29, 0.717) is 18.2 Å². The number of amides is 1. The summed E-state index contributed by atoms with van der Waals surface area (Å²) >= 11 is 0. The van der Waals surface area contributed by atoms with Gasteiger partial charge in [0.15, 0.2) is 6.39 Å². The molecule has 13 heavy (non-hydrogen) atoms. The van der Waals surface area contributed by atoms with Gasteiger partial charge in [-0.3, -0.25) is 9.69 Å². The quantitative estimate of drug-likeness (QED) is 0.608. The highest BCUT2D eigenvalue weighted by Crippen LogP contribution is 2.32. The molecule has 0 bridgehead atoms. The van der Waals surface area contributed by atoms with Crippen LogP contribution in [0.1, 0.15) is 31.4 Å². The summed E-state index contributed by atoms with van der Waals surface area (Å²) in [6.07, 6.45) is 2.82. The van der Waals surface area contributed by atoms with Crippen LogP contribution >= 0.6 is 0 Å². The Labute approximate surface area is 76.6 Å². The van der Waals surface area contributed by atoms with E-state index in [9.17, 15) is 4.79 Å². The standard InChI is InChI=1S/C9H12N2O2/c1-6-3-4-7(12)11(2)9-8(6)10-5-13-9/h5-6H,3-4H2,1-2H3. The minimum atomic E-state index is 0.0994. The van der Waals surface area contributed by atoms with Crippen LogP contribution in [0, 0.1) is 0 Å². The number of anilines is 1. The normalized spacial score (nSPS) is 22.8. The molecule has 4 nitrogen and oxygen atoms in total. The molecule has 0 saturated heterocycles. The summed E-state index contributed by atoms with van der Waals surface area (Å²) in [6, 6.07) is 0. The highest BCUT2D eigenvalue weighted by Gasteiger charge is 2.26. The van der Waals surface area contributed by atoms with E-state index in [1.807, 2.05) is 0 Å². The van der Waals surface area contributed by atoms with Crippen LogP contribution in [0.4, 0.5) is 5.88 Å². The molecule has 1 aromatic rings. The van der Waals surface area contributed by atoms with Crippen LogP contribution in [0.15, 0.2) is 10.8 Å². The van der Waals surface area contributed by atoms with Crippen molar-refractivity contribution in [3.8, 4) is 0 Å². The Bertz CT molecular complexity index is 332. The van der Waals surface area contributed by atoms with Crippen LogP contribution in [-0.4, -0.2) is 17.9 Å². The van der Waals surface area contributed by atoms with E-state index in [0.717, 1.165) is 12.1 Å². The van der Waals surface area contributed by atoms with E-state index < -0.39 is 0 Å². The molecule has 70 valence electrons. The van der Waals surface area contributed by atoms with Crippen molar-refractivity contribution in [3.63, 3.8) is 0 Å². The van der Waals surface area contributed by atoms with Gasteiger partial charge in [0, 0.05) is 19.4 Å². The van der Waals surface area contributed by atoms with Crippen molar-refractivity contribution in [1.29, 1.82) is 0 Å². The van der Waals surface area contributed by atoms with Crippen LogP contribution in [0.3, 0.4) is 0 Å². The number of nitrogens with zero attached hydrogens (tertiary/aromatic N) is 2. The van der Waals surface area contributed by atoms with Gasteiger partial charge in [-0.2, -0.15) is 0 Å². The second-order valence-electron chi connectivity index (χ2n) is 3.44. The number of fused-ring (bicyclic) bond motifs is 1. The molecule has 1 atom stereocenters. The molecule has 1 aliphatic heterocycles. The van der Waals surface area contributed by atoms with Gasteiger partial charge in [-0.25, -0.2) is 4.98 Å². The van der Waals surface area contributed by atoms with Crippen LogP contribution in [0.2, 0.25) is 0 Å². The highest BCUT2D eigenvalue weighted by atomic mass is 16.4. The van der Waals surface area contributed by atoms with E-state index in [1.165, 1.54) is 6.39 Å². The summed E-state index contributed by atoms with van der Waals surface area (Å²) in [7, 11) is 1.73.